The maximum Gasteiger partial charge on any atom is 0.327 e. The van der Waals surface area contributed by atoms with Crippen molar-refractivity contribution in [2.45, 2.75) is 38.3 Å². The Bertz CT molecular complexity index is 1210. The fraction of sp³-hybridized carbons (Fsp3) is 0.346. The minimum atomic E-state index is -0.425. The molecule has 4 amide bonds. The number of imide groups is 1. The molecule has 8 nitrogen and oxygen atoms in total. The molecule has 0 radical (unpaired) electrons. The van der Waals surface area contributed by atoms with Crippen molar-refractivity contribution < 1.29 is 19.1 Å². The molecule has 8 heteroatoms. The van der Waals surface area contributed by atoms with E-state index in [1.807, 2.05) is 48.7 Å². The molecule has 2 aliphatic rings. The first-order valence-electron chi connectivity index (χ1n) is 11.6. The van der Waals surface area contributed by atoms with Crippen LogP contribution >= 0.6 is 0 Å². The van der Waals surface area contributed by atoms with Gasteiger partial charge in [0.2, 0.25) is 5.91 Å². The third kappa shape index (κ3) is 4.11. The highest BCUT2D eigenvalue weighted by Crippen LogP contribution is 2.30. The maximum absolute atomic E-state index is 12.8. The van der Waals surface area contributed by atoms with Gasteiger partial charge in [-0.2, -0.15) is 0 Å². The number of carbonyl (C=O) groups excluding carboxylic acids is 3. The Labute approximate surface area is 197 Å². The highest BCUT2D eigenvalue weighted by Gasteiger charge is 2.46. The van der Waals surface area contributed by atoms with Crippen LogP contribution in [0, 0.1) is 0 Å². The summed E-state index contributed by atoms with van der Waals surface area (Å²) in [7, 11) is 1.64. The van der Waals surface area contributed by atoms with Crippen LogP contribution < -0.4 is 10.1 Å². The lowest BCUT2D eigenvalue weighted by Crippen LogP contribution is -2.39. The normalized spacial score (nSPS) is 17.1. The van der Waals surface area contributed by atoms with Gasteiger partial charge in [0.15, 0.2) is 0 Å². The molecular formula is C26H28N4O4. The Kier molecular flexibility index (Phi) is 5.96. The molecule has 1 atom stereocenters. The third-order valence-electron chi connectivity index (χ3n) is 6.75. The molecule has 2 N–H and O–H groups in total. The highest BCUT2D eigenvalue weighted by molar-refractivity contribution is 6.04. The van der Waals surface area contributed by atoms with Crippen molar-refractivity contribution in [3.8, 4) is 5.75 Å². The van der Waals surface area contributed by atoms with E-state index in [1.165, 1.54) is 4.90 Å². The van der Waals surface area contributed by atoms with E-state index in [0.717, 1.165) is 33.3 Å². The number of fused-ring (bicyclic) bond motifs is 3. The number of nitrogens with one attached hydrogen (secondary N) is 2. The lowest BCUT2D eigenvalue weighted by molar-refractivity contribution is -0.129. The summed E-state index contributed by atoms with van der Waals surface area (Å²) in [6.45, 7) is 1.23. The summed E-state index contributed by atoms with van der Waals surface area (Å²) < 4.78 is 5.30. The van der Waals surface area contributed by atoms with Gasteiger partial charge in [0.1, 0.15) is 11.8 Å². The first kappa shape index (κ1) is 22.0. The average molecular weight is 461 g/mol. The van der Waals surface area contributed by atoms with Gasteiger partial charge in [-0.3, -0.25) is 14.5 Å². The summed E-state index contributed by atoms with van der Waals surface area (Å²) in [6, 6.07) is 13.1. The molecule has 0 bridgehead atoms. The topological polar surface area (TPSA) is 94.7 Å². The quantitative estimate of drug-likeness (QED) is 0.505. The van der Waals surface area contributed by atoms with Crippen molar-refractivity contribution in [1.82, 2.24) is 20.1 Å². The van der Waals surface area contributed by atoms with Crippen LogP contribution in [0.2, 0.25) is 0 Å². The third-order valence-corrected chi connectivity index (χ3v) is 6.75. The van der Waals surface area contributed by atoms with Crippen molar-refractivity contribution in [3.63, 3.8) is 0 Å². The van der Waals surface area contributed by atoms with E-state index >= 15 is 0 Å². The minimum absolute atomic E-state index is 0.0818. The van der Waals surface area contributed by atoms with Gasteiger partial charge in [-0.1, -0.05) is 24.3 Å². The largest absolute Gasteiger partial charge is 0.497 e. The number of benzene rings is 2. The molecule has 0 spiro atoms. The van der Waals surface area contributed by atoms with Crippen LogP contribution in [0.1, 0.15) is 29.5 Å². The number of aromatic amines is 1. The van der Waals surface area contributed by atoms with Crippen molar-refractivity contribution in [1.29, 1.82) is 0 Å². The standard InChI is InChI=1S/C26H28N4O4/c1-34-20-8-9-22-21(14-20)18(15-28-22)10-11-27-24(31)7-4-12-29-25(32)23-13-17-5-2-3-6-19(17)16-30(23)26(29)33/h2-3,5-6,8-9,14-15,23,28H,4,7,10-13,16H2,1H3,(H,27,31)/t23-/m0/s1. The predicted octanol–water partition coefficient (Wildman–Crippen LogP) is 3.00. The molecule has 2 aromatic carbocycles. The summed E-state index contributed by atoms with van der Waals surface area (Å²) >= 11 is 0. The number of methoxy groups -OCH3 is 1. The zero-order valence-corrected chi connectivity index (χ0v) is 19.2. The number of urea groups is 1. The second kappa shape index (κ2) is 9.21. The Morgan fingerprint density at radius 1 is 1.18 bits per heavy atom. The number of nitrogens with zero attached hydrogens (tertiary/aromatic N) is 2. The van der Waals surface area contributed by atoms with Crippen LogP contribution in [0.15, 0.2) is 48.7 Å². The number of amides is 4. The molecular weight excluding hydrogens is 432 g/mol. The van der Waals surface area contributed by atoms with Crippen LogP contribution in [-0.2, 0) is 29.0 Å². The molecule has 1 fully saturated rings. The molecule has 5 rings (SSSR count). The van der Waals surface area contributed by atoms with E-state index in [1.54, 1.807) is 12.0 Å². The SMILES string of the molecule is COc1ccc2[nH]cc(CCNC(=O)CCCN3C(=O)[C@@H]4Cc5ccccc5CN4C3=O)c2c1. The van der Waals surface area contributed by atoms with Gasteiger partial charge in [-0.05, 0) is 47.7 Å². The van der Waals surface area contributed by atoms with Crippen molar-refractivity contribution in [2.24, 2.45) is 0 Å². The van der Waals surface area contributed by atoms with Gasteiger partial charge in [0.05, 0.1) is 7.11 Å². The number of hydrogen-bond acceptors (Lipinski definition) is 4. The summed E-state index contributed by atoms with van der Waals surface area (Å²) in [4.78, 5) is 44.2. The monoisotopic (exact) mass is 460 g/mol. The molecule has 0 aliphatic carbocycles. The zero-order valence-electron chi connectivity index (χ0n) is 19.2. The Balaban J connectivity index is 1.09. The first-order valence-corrected chi connectivity index (χ1v) is 11.6. The second-order valence-electron chi connectivity index (χ2n) is 8.82. The molecule has 3 aromatic rings. The van der Waals surface area contributed by atoms with E-state index in [4.69, 9.17) is 4.74 Å². The van der Waals surface area contributed by atoms with Crippen LogP contribution in [0.4, 0.5) is 4.79 Å². The summed E-state index contributed by atoms with van der Waals surface area (Å²) in [5, 5.41) is 4.02. The predicted molar refractivity (Wildman–Crippen MR) is 127 cm³/mol. The zero-order chi connectivity index (χ0) is 23.7. The van der Waals surface area contributed by atoms with Crippen LogP contribution in [0.25, 0.3) is 10.9 Å². The van der Waals surface area contributed by atoms with E-state index in [0.29, 0.717) is 32.4 Å². The molecule has 176 valence electrons. The maximum atomic E-state index is 12.8. The van der Waals surface area contributed by atoms with E-state index in [-0.39, 0.29) is 30.8 Å². The van der Waals surface area contributed by atoms with Gasteiger partial charge in [0, 0.05) is 49.6 Å². The fourth-order valence-electron chi connectivity index (χ4n) is 4.89. The van der Waals surface area contributed by atoms with E-state index < -0.39 is 6.04 Å². The minimum Gasteiger partial charge on any atom is -0.497 e. The second-order valence-corrected chi connectivity index (χ2v) is 8.82. The highest BCUT2D eigenvalue weighted by atomic mass is 16.5. The van der Waals surface area contributed by atoms with Gasteiger partial charge in [-0.15, -0.1) is 0 Å². The molecule has 0 unspecified atom stereocenters. The van der Waals surface area contributed by atoms with Crippen LogP contribution in [0.5, 0.6) is 5.75 Å². The van der Waals surface area contributed by atoms with Gasteiger partial charge in [-0.25, -0.2) is 4.79 Å². The Morgan fingerprint density at radius 2 is 2.00 bits per heavy atom. The molecule has 0 saturated carbocycles. The van der Waals surface area contributed by atoms with Gasteiger partial charge in [0.25, 0.3) is 5.91 Å². The summed E-state index contributed by atoms with van der Waals surface area (Å²) in [5.74, 6) is 0.555. The van der Waals surface area contributed by atoms with Crippen molar-refractivity contribution in [3.05, 3.63) is 65.4 Å². The molecule has 2 aliphatic heterocycles. The van der Waals surface area contributed by atoms with E-state index in [9.17, 15) is 14.4 Å². The number of rotatable bonds is 8. The Hall–Kier alpha value is -3.81. The van der Waals surface area contributed by atoms with Crippen molar-refractivity contribution in [2.75, 3.05) is 20.2 Å². The smallest absolute Gasteiger partial charge is 0.327 e. The lowest BCUT2D eigenvalue weighted by Gasteiger charge is -2.28. The molecule has 1 saturated heterocycles. The van der Waals surface area contributed by atoms with Gasteiger partial charge < -0.3 is 19.9 Å². The average Bonchev–Trinajstić information content (AvgIpc) is 3.36. The molecule has 3 heterocycles. The number of hydrogen-bond donors (Lipinski definition) is 2. The number of aromatic nitrogens is 1. The summed E-state index contributed by atoms with van der Waals surface area (Å²) in [6.07, 6.45) is 3.91. The fourth-order valence-corrected chi connectivity index (χ4v) is 4.89. The Morgan fingerprint density at radius 3 is 2.82 bits per heavy atom. The van der Waals surface area contributed by atoms with Crippen molar-refractivity contribution >= 4 is 28.7 Å². The molecule has 1 aromatic heterocycles. The van der Waals surface area contributed by atoms with Crippen LogP contribution in [0.3, 0.4) is 0 Å². The summed E-state index contributed by atoms with van der Waals surface area (Å²) in [5.41, 5.74) is 4.36. The number of carbonyl (C=O) groups is 3. The number of ether oxygens (including phenoxy) is 1. The van der Waals surface area contributed by atoms with Crippen LogP contribution in [-0.4, -0.2) is 58.9 Å². The lowest BCUT2D eigenvalue weighted by atomic mass is 9.95. The molecule has 34 heavy (non-hydrogen) atoms. The first-order chi connectivity index (χ1) is 16.5. The number of H-pyrrole nitrogens is 1. The van der Waals surface area contributed by atoms with Gasteiger partial charge >= 0.3 is 6.03 Å². The van der Waals surface area contributed by atoms with E-state index in [2.05, 4.69) is 10.3 Å².